The largest absolute Gasteiger partial charge is 0.340 e. The number of aromatic nitrogens is 2. The number of likely N-dealkylation sites (tertiary alicyclic amines) is 1. The Kier molecular flexibility index (Phi) is 5.68. The van der Waals surface area contributed by atoms with Crippen LogP contribution in [0.4, 0.5) is 4.79 Å². The lowest BCUT2D eigenvalue weighted by atomic mass is 10.2. The zero-order valence-electron chi connectivity index (χ0n) is 16.7. The summed E-state index contributed by atoms with van der Waals surface area (Å²) in [5.74, 6) is 0.701. The van der Waals surface area contributed by atoms with Gasteiger partial charge in [0.1, 0.15) is 5.82 Å². The molecule has 0 N–H and O–H groups in total. The first-order valence-electron chi connectivity index (χ1n) is 9.66. The van der Waals surface area contributed by atoms with Crippen LogP contribution < -0.4 is 0 Å². The fourth-order valence-electron chi connectivity index (χ4n) is 3.65. The molecule has 3 rings (SSSR count). The molecule has 1 aliphatic rings. The second-order valence-corrected chi connectivity index (χ2v) is 7.38. The fraction of sp³-hybridized carbons (Fsp3) is 0.550. The van der Waals surface area contributed by atoms with E-state index in [1.165, 1.54) is 0 Å². The van der Waals surface area contributed by atoms with Crippen LogP contribution in [0.25, 0.3) is 5.52 Å². The van der Waals surface area contributed by atoms with Gasteiger partial charge in [-0.05, 0) is 31.4 Å². The summed E-state index contributed by atoms with van der Waals surface area (Å²) in [6.45, 7) is 3.53. The van der Waals surface area contributed by atoms with Crippen molar-refractivity contribution in [2.24, 2.45) is 0 Å². The predicted octanol–water partition coefficient (Wildman–Crippen LogP) is 3.02. The summed E-state index contributed by atoms with van der Waals surface area (Å²) in [6.07, 6.45) is 5.72. The van der Waals surface area contributed by atoms with Crippen molar-refractivity contribution in [2.75, 3.05) is 34.2 Å². The number of hydrogen-bond donors (Lipinski definition) is 0. The molecular formula is C20H29N5O2. The molecule has 1 fully saturated rings. The zero-order chi connectivity index (χ0) is 19.6. The minimum Gasteiger partial charge on any atom is -0.340 e. The van der Waals surface area contributed by atoms with Gasteiger partial charge in [-0.1, -0.05) is 19.4 Å². The van der Waals surface area contributed by atoms with Crippen LogP contribution >= 0.6 is 0 Å². The fourth-order valence-corrected chi connectivity index (χ4v) is 3.65. The molecule has 0 aromatic carbocycles. The molecule has 0 saturated carbocycles. The Labute approximate surface area is 160 Å². The summed E-state index contributed by atoms with van der Waals surface area (Å²) < 4.78 is 1.97. The third kappa shape index (κ3) is 3.63. The molecule has 146 valence electrons. The SMILES string of the molecule is CCCCN(C)C(=O)c1nc(C2CCCN2C(=O)N(C)C)n2ccccc12. The van der Waals surface area contributed by atoms with Crippen molar-refractivity contribution in [1.29, 1.82) is 0 Å². The van der Waals surface area contributed by atoms with Crippen molar-refractivity contribution >= 4 is 17.5 Å². The van der Waals surface area contributed by atoms with Crippen molar-refractivity contribution < 1.29 is 9.59 Å². The van der Waals surface area contributed by atoms with Crippen LogP contribution in [0.2, 0.25) is 0 Å². The summed E-state index contributed by atoms with van der Waals surface area (Å²) in [7, 11) is 5.35. The maximum Gasteiger partial charge on any atom is 0.320 e. The number of unbranched alkanes of at least 4 members (excludes halogenated alkanes) is 1. The molecule has 0 bridgehead atoms. The zero-order valence-corrected chi connectivity index (χ0v) is 16.7. The number of pyridine rings is 1. The maximum absolute atomic E-state index is 13.0. The van der Waals surface area contributed by atoms with Gasteiger partial charge in [0, 0.05) is 40.4 Å². The van der Waals surface area contributed by atoms with E-state index in [0.717, 1.165) is 37.0 Å². The van der Waals surface area contributed by atoms with E-state index in [-0.39, 0.29) is 18.0 Å². The van der Waals surface area contributed by atoms with Crippen molar-refractivity contribution in [3.05, 3.63) is 35.9 Å². The number of rotatable bonds is 5. The number of amides is 3. The molecule has 2 aromatic rings. The Balaban J connectivity index is 2.00. The van der Waals surface area contributed by atoms with Gasteiger partial charge in [0.25, 0.3) is 5.91 Å². The van der Waals surface area contributed by atoms with E-state index < -0.39 is 0 Å². The van der Waals surface area contributed by atoms with Gasteiger partial charge in [-0.25, -0.2) is 9.78 Å². The number of fused-ring (bicyclic) bond motifs is 1. The first-order chi connectivity index (χ1) is 13.0. The number of carbonyl (C=O) groups is 2. The van der Waals surface area contributed by atoms with Gasteiger partial charge >= 0.3 is 6.03 Å². The van der Waals surface area contributed by atoms with Crippen molar-refractivity contribution in [3.63, 3.8) is 0 Å². The Hall–Kier alpha value is -2.57. The lowest BCUT2D eigenvalue weighted by Gasteiger charge is -2.27. The Morgan fingerprint density at radius 3 is 2.74 bits per heavy atom. The molecule has 1 atom stereocenters. The molecule has 3 heterocycles. The topological polar surface area (TPSA) is 61.2 Å². The van der Waals surface area contributed by atoms with Crippen molar-refractivity contribution in [1.82, 2.24) is 24.1 Å². The summed E-state index contributed by atoms with van der Waals surface area (Å²) in [6, 6.07) is 5.64. The van der Waals surface area contributed by atoms with Crippen LogP contribution in [0.3, 0.4) is 0 Å². The monoisotopic (exact) mass is 371 g/mol. The molecule has 27 heavy (non-hydrogen) atoms. The molecule has 1 saturated heterocycles. The van der Waals surface area contributed by atoms with Gasteiger partial charge in [0.15, 0.2) is 5.69 Å². The van der Waals surface area contributed by atoms with Crippen LogP contribution in [0.5, 0.6) is 0 Å². The summed E-state index contributed by atoms with van der Waals surface area (Å²) in [4.78, 5) is 35.5. The van der Waals surface area contributed by atoms with Crippen LogP contribution in [-0.2, 0) is 0 Å². The van der Waals surface area contributed by atoms with Gasteiger partial charge in [-0.3, -0.25) is 4.79 Å². The van der Waals surface area contributed by atoms with Crippen molar-refractivity contribution in [2.45, 2.75) is 38.6 Å². The molecule has 0 radical (unpaired) electrons. The highest BCUT2D eigenvalue weighted by molar-refractivity contribution is 5.99. The minimum atomic E-state index is -0.114. The molecule has 7 heteroatoms. The lowest BCUT2D eigenvalue weighted by molar-refractivity contribution is 0.0789. The molecule has 3 amide bonds. The van der Waals surface area contributed by atoms with E-state index in [9.17, 15) is 9.59 Å². The average molecular weight is 371 g/mol. The Morgan fingerprint density at radius 1 is 1.26 bits per heavy atom. The highest BCUT2D eigenvalue weighted by atomic mass is 16.2. The Bertz CT molecular complexity index is 829. The van der Waals surface area contributed by atoms with E-state index in [1.54, 1.807) is 23.9 Å². The number of nitrogens with zero attached hydrogens (tertiary/aromatic N) is 5. The van der Waals surface area contributed by atoms with Gasteiger partial charge in [-0.15, -0.1) is 0 Å². The molecule has 0 aliphatic carbocycles. The quantitative estimate of drug-likeness (QED) is 0.812. The lowest BCUT2D eigenvalue weighted by Crippen LogP contribution is -2.39. The van der Waals surface area contributed by atoms with E-state index in [2.05, 4.69) is 6.92 Å². The molecule has 1 aliphatic heterocycles. The molecule has 1 unspecified atom stereocenters. The maximum atomic E-state index is 13.0. The highest BCUT2D eigenvalue weighted by Gasteiger charge is 2.35. The molecule has 7 nitrogen and oxygen atoms in total. The third-order valence-electron chi connectivity index (χ3n) is 5.15. The van der Waals surface area contributed by atoms with Gasteiger partial charge in [0.2, 0.25) is 0 Å². The van der Waals surface area contributed by atoms with Crippen LogP contribution in [0, 0.1) is 0 Å². The molecule has 2 aromatic heterocycles. The molecular weight excluding hydrogens is 342 g/mol. The number of urea groups is 1. The minimum absolute atomic E-state index is 0.0156. The predicted molar refractivity (Wildman–Crippen MR) is 105 cm³/mol. The first-order valence-corrected chi connectivity index (χ1v) is 9.66. The number of hydrogen-bond acceptors (Lipinski definition) is 3. The number of carbonyl (C=O) groups excluding carboxylic acids is 2. The van der Waals surface area contributed by atoms with Gasteiger partial charge in [-0.2, -0.15) is 0 Å². The third-order valence-corrected chi connectivity index (χ3v) is 5.15. The average Bonchev–Trinajstić information content (AvgIpc) is 3.29. The second-order valence-electron chi connectivity index (χ2n) is 7.38. The first kappa shape index (κ1) is 19.2. The molecule has 0 spiro atoms. The summed E-state index contributed by atoms with van der Waals surface area (Å²) in [5, 5.41) is 0. The smallest absolute Gasteiger partial charge is 0.320 e. The highest BCUT2D eigenvalue weighted by Crippen LogP contribution is 2.33. The Morgan fingerprint density at radius 2 is 2.04 bits per heavy atom. The van der Waals surface area contributed by atoms with E-state index in [1.807, 2.05) is 40.7 Å². The summed E-state index contributed by atoms with van der Waals surface area (Å²) >= 11 is 0. The van der Waals surface area contributed by atoms with E-state index in [4.69, 9.17) is 4.98 Å². The number of imidazole rings is 1. The second kappa shape index (κ2) is 7.98. The van der Waals surface area contributed by atoms with E-state index >= 15 is 0 Å². The van der Waals surface area contributed by atoms with Crippen LogP contribution in [0.1, 0.15) is 55.0 Å². The van der Waals surface area contributed by atoms with Gasteiger partial charge in [0.05, 0.1) is 11.6 Å². The van der Waals surface area contributed by atoms with Crippen LogP contribution in [0.15, 0.2) is 24.4 Å². The van der Waals surface area contributed by atoms with Crippen molar-refractivity contribution in [3.8, 4) is 0 Å². The van der Waals surface area contributed by atoms with E-state index in [0.29, 0.717) is 18.8 Å². The summed E-state index contributed by atoms with van der Waals surface area (Å²) in [5.41, 5.74) is 1.26. The normalized spacial score (nSPS) is 16.7. The van der Waals surface area contributed by atoms with Gasteiger partial charge < -0.3 is 19.1 Å². The van der Waals surface area contributed by atoms with Crippen LogP contribution in [-0.4, -0.2) is 70.3 Å². The standard InChI is InChI=1S/C20H29N5O2/c1-5-6-12-23(4)19(26)17-15-10-7-8-13-24(15)18(21-17)16-11-9-14-25(16)20(27)22(2)3/h7-8,10,13,16H,5-6,9,11-12,14H2,1-4H3.